The van der Waals surface area contributed by atoms with Crippen LogP contribution in [0.1, 0.15) is 24.6 Å². The second kappa shape index (κ2) is 5.04. The van der Waals surface area contributed by atoms with E-state index >= 15 is 0 Å². The van der Waals surface area contributed by atoms with E-state index in [1.165, 1.54) is 5.69 Å². The fourth-order valence-corrected chi connectivity index (χ4v) is 1.55. The minimum absolute atomic E-state index is 0.471. The topological polar surface area (TPSA) is 45.0 Å². The highest BCUT2D eigenvalue weighted by Crippen LogP contribution is 2.20. The van der Waals surface area contributed by atoms with Crippen molar-refractivity contribution in [2.45, 2.75) is 18.9 Å². The number of H-pyrrole nitrogens is 1. The molecule has 0 spiro atoms. The van der Waals surface area contributed by atoms with Gasteiger partial charge < -0.3 is 15.6 Å². The van der Waals surface area contributed by atoms with Crippen LogP contribution in [0.5, 0.6) is 0 Å². The minimum Gasteiger partial charge on any atom is -0.364 e. The maximum atomic E-state index is 5.50. The van der Waals surface area contributed by atoms with Crippen LogP contribution in [-0.4, -0.2) is 30.5 Å². The lowest BCUT2D eigenvalue weighted by Gasteiger charge is -2.23. The molecule has 1 aromatic rings. The summed E-state index contributed by atoms with van der Waals surface area (Å²) in [6.07, 6.45) is 4.15. The number of aromatic nitrogens is 1. The number of hydrogen-bond donors (Lipinski definition) is 2. The molecule has 74 valence electrons. The predicted octanol–water partition coefficient (Wildman–Crippen LogP) is 1.36. The zero-order valence-electron chi connectivity index (χ0n) is 8.46. The average molecular weight is 181 g/mol. The Labute approximate surface area is 79.9 Å². The summed E-state index contributed by atoms with van der Waals surface area (Å²) in [7, 11) is 4.20. The van der Waals surface area contributed by atoms with E-state index < -0.39 is 0 Å². The smallest absolute Gasteiger partial charge is 0.0493 e. The maximum absolute atomic E-state index is 5.50. The van der Waals surface area contributed by atoms with Crippen LogP contribution in [0, 0.1) is 0 Å². The molecule has 1 atom stereocenters. The fourth-order valence-electron chi connectivity index (χ4n) is 1.55. The monoisotopic (exact) mass is 181 g/mol. The Morgan fingerprint density at radius 2 is 2.31 bits per heavy atom. The highest BCUT2D eigenvalue weighted by atomic mass is 15.1. The second-order valence-corrected chi connectivity index (χ2v) is 3.54. The molecule has 0 aliphatic heterocycles. The van der Waals surface area contributed by atoms with E-state index in [2.05, 4.69) is 30.0 Å². The highest BCUT2D eigenvalue weighted by molar-refractivity contribution is 5.08. The Kier molecular flexibility index (Phi) is 3.99. The molecule has 3 nitrogen and oxygen atoms in total. The molecule has 0 saturated heterocycles. The molecule has 0 bridgehead atoms. The van der Waals surface area contributed by atoms with Crippen LogP contribution in [-0.2, 0) is 0 Å². The molecule has 0 radical (unpaired) electrons. The lowest BCUT2D eigenvalue weighted by Crippen LogP contribution is -2.21. The summed E-state index contributed by atoms with van der Waals surface area (Å²) in [4.78, 5) is 5.47. The summed E-state index contributed by atoms with van der Waals surface area (Å²) in [5.74, 6) is 0. The van der Waals surface area contributed by atoms with Crippen molar-refractivity contribution in [1.29, 1.82) is 0 Å². The van der Waals surface area contributed by atoms with Gasteiger partial charge in [-0.3, -0.25) is 0 Å². The first-order chi connectivity index (χ1) is 6.25. The maximum Gasteiger partial charge on any atom is 0.0493 e. The average Bonchev–Trinajstić information content (AvgIpc) is 2.57. The van der Waals surface area contributed by atoms with Gasteiger partial charge in [0, 0.05) is 17.9 Å². The Morgan fingerprint density at radius 3 is 2.77 bits per heavy atom. The zero-order valence-corrected chi connectivity index (χ0v) is 8.46. The molecule has 0 saturated carbocycles. The van der Waals surface area contributed by atoms with Crippen LogP contribution >= 0.6 is 0 Å². The van der Waals surface area contributed by atoms with E-state index in [-0.39, 0.29) is 0 Å². The van der Waals surface area contributed by atoms with Crippen molar-refractivity contribution in [1.82, 2.24) is 9.88 Å². The number of hydrogen-bond acceptors (Lipinski definition) is 2. The summed E-state index contributed by atoms with van der Waals surface area (Å²) in [5.41, 5.74) is 6.78. The molecule has 0 aliphatic carbocycles. The molecule has 0 fully saturated rings. The van der Waals surface area contributed by atoms with Crippen molar-refractivity contribution in [3.63, 3.8) is 0 Å². The van der Waals surface area contributed by atoms with Gasteiger partial charge in [0.15, 0.2) is 0 Å². The van der Waals surface area contributed by atoms with Crippen LogP contribution in [0.3, 0.4) is 0 Å². The number of rotatable bonds is 5. The van der Waals surface area contributed by atoms with Crippen molar-refractivity contribution in [3.05, 3.63) is 24.0 Å². The Bertz CT molecular complexity index is 216. The molecule has 1 unspecified atom stereocenters. The lowest BCUT2D eigenvalue weighted by atomic mass is 10.1. The standard InChI is InChI=1S/C10H19N3/c1-13(2)10(6-3-7-11)9-5-4-8-12-9/h4-5,8,10,12H,3,6-7,11H2,1-2H3. The second-order valence-electron chi connectivity index (χ2n) is 3.54. The molecule has 1 heterocycles. The van der Waals surface area contributed by atoms with Crippen LogP contribution in [0.25, 0.3) is 0 Å². The van der Waals surface area contributed by atoms with Crippen molar-refractivity contribution in [2.24, 2.45) is 5.73 Å². The van der Waals surface area contributed by atoms with Gasteiger partial charge in [0.2, 0.25) is 0 Å². The summed E-state index contributed by atoms with van der Waals surface area (Å²) < 4.78 is 0. The number of aromatic amines is 1. The largest absolute Gasteiger partial charge is 0.364 e. The van der Waals surface area contributed by atoms with Gasteiger partial charge in [0.1, 0.15) is 0 Å². The lowest BCUT2D eigenvalue weighted by molar-refractivity contribution is 0.275. The molecule has 0 aromatic carbocycles. The fraction of sp³-hybridized carbons (Fsp3) is 0.600. The molecule has 3 heteroatoms. The summed E-state index contributed by atoms with van der Waals surface area (Å²) in [6.45, 7) is 0.769. The molecule has 13 heavy (non-hydrogen) atoms. The SMILES string of the molecule is CN(C)C(CCCN)c1ccc[nH]1. The van der Waals surface area contributed by atoms with E-state index in [9.17, 15) is 0 Å². The molecule has 1 aromatic heterocycles. The van der Waals surface area contributed by atoms with Crippen LogP contribution < -0.4 is 5.73 Å². The summed E-state index contributed by atoms with van der Waals surface area (Å²) >= 11 is 0. The number of nitrogens with zero attached hydrogens (tertiary/aromatic N) is 1. The van der Waals surface area contributed by atoms with Gasteiger partial charge in [0.25, 0.3) is 0 Å². The zero-order chi connectivity index (χ0) is 9.68. The molecule has 3 N–H and O–H groups in total. The van der Waals surface area contributed by atoms with Gasteiger partial charge >= 0.3 is 0 Å². The van der Waals surface area contributed by atoms with E-state index in [0.717, 1.165) is 19.4 Å². The molecule has 0 amide bonds. The van der Waals surface area contributed by atoms with Gasteiger partial charge in [-0.1, -0.05) is 0 Å². The predicted molar refractivity (Wildman–Crippen MR) is 55.5 cm³/mol. The Morgan fingerprint density at radius 1 is 1.54 bits per heavy atom. The summed E-state index contributed by atoms with van der Waals surface area (Å²) in [6, 6.07) is 4.63. The van der Waals surface area contributed by atoms with Crippen LogP contribution in [0.2, 0.25) is 0 Å². The highest BCUT2D eigenvalue weighted by Gasteiger charge is 2.13. The third kappa shape index (κ3) is 2.86. The third-order valence-electron chi connectivity index (χ3n) is 2.29. The van der Waals surface area contributed by atoms with Gasteiger partial charge in [-0.05, 0) is 45.6 Å². The first-order valence-corrected chi connectivity index (χ1v) is 4.75. The number of nitrogens with two attached hydrogens (primary N) is 1. The van der Waals surface area contributed by atoms with E-state index in [1.54, 1.807) is 0 Å². The van der Waals surface area contributed by atoms with Crippen molar-refractivity contribution in [2.75, 3.05) is 20.6 Å². The van der Waals surface area contributed by atoms with E-state index in [4.69, 9.17) is 5.73 Å². The van der Waals surface area contributed by atoms with Gasteiger partial charge in [-0.25, -0.2) is 0 Å². The quantitative estimate of drug-likeness (QED) is 0.720. The number of nitrogens with one attached hydrogen (secondary N) is 1. The van der Waals surface area contributed by atoms with E-state index in [1.807, 2.05) is 12.3 Å². The molecule has 0 aliphatic rings. The molecular formula is C10H19N3. The van der Waals surface area contributed by atoms with Crippen molar-refractivity contribution in [3.8, 4) is 0 Å². The van der Waals surface area contributed by atoms with Gasteiger partial charge in [-0.15, -0.1) is 0 Å². The van der Waals surface area contributed by atoms with Crippen LogP contribution in [0.4, 0.5) is 0 Å². The molecular weight excluding hydrogens is 162 g/mol. The van der Waals surface area contributed by atoms with Crippen molar-refractivity contribution < 1.29 is 0 Å². The van der Waals surface area contributed by atoms with Gasteiger partial charge in [0.05, 0.1) is 0 Å². The summed E-state index contributed by atoms with van der Waals surface area (Å²) in [5, 5.41) is 0. The molecule has 1 rings (SSSR count). The Hall–Kier alpha value is -0.800. The Balaban J connectivity index is 2.58. The normalized spacial score (nSPS) is 13.5. The first-order valence-electron chi connectivity index (χ1n) is 4.75. The van der Waals surface area contributed by atoms with Crippen molar-refractivity contribution >= 4 is 0 Å². The first kappa shape index (κ1) is 10.3. The van der Waals surface area contributed by atoms with Crippen LogP contribution in [0.15, 0.2) is 18.3 Å². The third-order valence-corrected chi connectivity index (χ3v) is 2.29. The minimum atomic E-state index is 0.471. The van der Waals surface area contributed by atoms with Gasteiger partial charge in [-0.2, -0.15) is 0 Å². The van der Waals surface area contributed by atoms with E-state index in [0.29, 0.717) is 6.04 Å².